The van der Waals surface area contributed by atoms with Crippen molar-refractivity contribution in [2.75, 3.05) is 19.7 Å². The minimum absolute atomic E-state index is 0.0661. The van der Waals surface area contributed by atoms with Crippen molar-refractivity contribution >= 4 is 23.7 Å². The Morgan fingerprint density at radius 2 is 1.73 bits per heavy atom. The van der Waals surface area contributed by atoms with E-state index in [-0.39, 0.29) is 44.5 Å². The highest BCUT2D eigenvalue weighted by Crippen LogP contribution is 2.56. The van der Waals surface area contributed by atoms with Gasteiger partial charge < -0.3 is 29.7 Å². The molecule has 7 atom stereocenters. The second kappa shape index (κ2) is 13.0. The van der Waals surface area contributed by atoms with E-state index >= 15 is 0 Å². The number of cyclic esters (lactones) is 1. The number of aliphatic hydroxyl groups excluding tert-OH is 1. The van der Waals surface area contributed by atoms with Crippen molar-refractivity contribution in [2.24, 2.45) is 11.8 Å². The van der Waals surface area contributed by atoms with Gasteiger partial charge in [-0.05, 0) is 24.0 Å². The fourth-order valence-electron chi connectivity index (χ4n) is 7.12. The van der Waals surface area contributed by atoms with Crippen molar-refractivity contribution in [3.05, 3.63) is 96.1 Å². The van der Waals surface area contributed by atoms with Gasteiger partial charge in [0.15, 0.2) is 0 Å². The highest BCUT2D eigenvalue weighted by Gasteiger charge is 2.74. The van der Waals surface area contributed by atoms with Gasteiger partial charge in [0.05, 0.1) is 31.2 Å². The van der Waals surface area contributed by atoms with Crippen molar-refractivity contribution in [1.82, 2.24) is 15.1 Å². The predicted octanol–water partition coefficient (Wildman–Crippen LogP) is 2.69. The molecule has 5 bridgehead atoms. The molecule has 236 valence electrons. The molecule has 6 rings (SSSR count). The molecular formula is C35H39N3O7. The van der Waals surface area contributed by atoms with Crippen molar-refractivity contribution in [3.8, 4) is 0 Å². The van der Waals surface area contributed by atoms with Gasteiger partial charge in [0.25, 0.3) is 0 Å². The Kier molecular flexibility index (Phi) is 8.87. The first-order valence-corrected chi connectivity index (χ1v) is 15.7. The van der Waals surface area contributed by atoms with Gasteiger partial charge in [-0.3, -0.25) is 19.2 Å². The van der Waals surface area contributed by atoms with Gasteiger partial charge in [-0.2, -0.15) is 0 Å². The lowest BCUT2D eigenvalue weighted by Gasteiger charge is -2.38. The van der Waals surface area contributed by atoms with Crippen LogP contribution in [0.2, 0.25) is 0 Å². The molecule has 2 N–H and O–H groups in total. The molecule has 0 aromatic heterocycles. The lowest BCUT2D eigenvalue weighted by atomic mass is 9.74. The molecule has 0 aliphatic carbocycles. The van der Waals surface area contributed by atoms with Gasteiger partial charge in [-0.25, -0.2) is 0 Å². The number of hydrogen-bond donors (Lipinski definition) is 2. The number of allylic oxidation sites excluding steroid dienone is 1. The monoisotopic (exact) mass is 613 g/mol. The van der Waals surface area contributed by atoms with Gasteiger partial charge in [0.2, 0.25) is 17.7 Å². The summed E-state index contributed by atoms with van der Waals surface area (Å²) in [5.41, 5.74) is 0.214. The number of hydrogen-bond acceptors (Lipinski definition) is 7. The van der Waals surface area contributed by atoms with Gasteiger partial charge >= 0.3 is 5.97 Å². The van der Waals surface area contributed by atoms with Gasteiger partial charge in [-0.1, -0.05) is 91.9 Å². The lowest BCUT2D eigenvalue weighted by molar-refractivity contribution is -0.160. The van der Waals surface area contributed by atoms with E-state index in [0.29, 0.717) is 18.4 Å². The molecule has 45 heavy (non-hydrogen) atoms. The molecule has 2 fully saturated rings. The fourth-order valence-corrected chi connectivity index (χ4v) is 7.12. The number of benzene rings is 2. The average molecular weight is 614 g/mol. The molecule has 2 saturated heterocycles. The molecule has 0 unspecified atom stereocenters. The number of rotatable bonds is 6. The quantitative estimate of drug-likeness (QED) is 0.379. The number of likely N-dealkylation sites (tertiary alicyclic amines) is 1. The molecule has 10 heteroatoms. The Morgan fingerprint density at radius 1 is 1.00 bits per heavy atom. The summed E-state index contributed by atoms with van der Waals surface area (Å²) in [6, 6.07) is 17.0. The molecule has 4 heterocycles. The van der Waals surface area contributed by atoms with Crippen LogP contribution in [0, 0.1) is 11.8 Å². The van der Waals surface area contributed by atoms with E-state index in [9.17, 15) is 24.3 Å². The molecule has 4 aliphatic heterocycles. The van der Waals surface area contributed by atoms with Crippen molar-refractivity contribution in [1.29, 1.82) is 0 Å². The number of amides is 3. The van der Waals surface area contributed by atoms with Crippen LogP contribution >= 0.6 is 0 Å². The molecule has 0 radical (unpaired) electrons. The summed E-state index contributed by atoms with van der Waals surface area (Å²) < 4.78 is 12.6. The molecule has 10 nitrogen and oxygen atoms in total. The zero-order valence-electron chi connectivity index (χ0n) is 25.3. The maximum absolute atomic E-state index is 14.7. The minimum Gasteiger partial charge on any atom is -0.455 e. The van der Waals surface area contributed by atoms with Gasteiger partial charge in [-0.15, -0.1) is 0 Å². The standard InChI is InChI=1S/C35H39N3O7/c1-2-25(22-39)38-31-33(42)37(21-23-12-6-3-7-13-23)19-11-5-10-16-28(40)36-20-27(24-14-8-4-9-15-24)44-34(43)29-26-17-18-35(31,45-26)30(29)32(38)41/h3-9,11-15,17-18,25-27,29-31,39H,2,10,16,19-22H2,1H3,(H,36,40)/b11-5-/t25-,26-,27-,29+,30+,31-,35+/m0/s1. The first-order valence-electron chi connectivity index (χ1n) is 15.7. The van der Waals surface area contributed by atoms with Crippen molar-refractivity contribution in [3.63, 3.8) is 0 Å². The van der Waals surface area contributed by atoms with Crippen molar-refractivity contribution < 1.29 is 33.8 Å². The number of ether oxygens (including phenoxy) is 2. The van der Waals surface area contributed by atoms with E-state index in [2.05, 4.69) is 5.32 Å². The minimum atomic E-state index is -1.39. The summed E-state index contributed by atoms with van der Waals surface area (Å²) in [5.74, 6) is -3.59. The number of nitrogens with zero attached hydrogens (tertiary/aromatic N) is 2. The highest BCUT2D eigenvalue weighted by molar-refractivity contribution is 5.99. The van der Waals surface area contributed by atoms with E-state index in [1.54, 1.807) is 17.1 Å². The Bertz CT molecular complexity index is 1470. The molecule has 4 aliphatic rings. The molecule has 1 spiro atoms. The molecule has 0 saturated carbocycles. The SMILES string of the molecule is CC[C@@H](CO)N1C(=O)[C@H]2[C@@H]3C(=O)O[C@H](c4ccccc4)CNC(=O)CC/C=C\CN(Cc4ccccc4)C(=O)[C@H]1[C@@]21C=C[C@@H]3O1. The van der Waals surface area contributed by atoms with Crippen LogP contribution in [0.25, 0.3) is 0 Å². The van der Waals surface area contributed by atoms with E-state index in [0.717, 1.165) is 5.56 Å². The Morgan fingerprint density at radius 3 is 2.44 bits per heavy atom. The average Bonchev–Trinajstić information content (AvgIpc) is 3.70. The largest absolute Gasteiger partial charge is 0.455 e. The Hall–Kier alpha value is -4.28. The van der Waals surface area contributed by atoms with E-state index in [4.69, 9.17) is 9.47 Å². The van der Waals surface area contributed by atoms with E-state index < -0.39 is 53.6 Å². The third kappa shape index (κ3) is 5.68. The van der Waals surface area contributed by atoms with Crippen molar-refractivity contribution in [2.45, 2.75) is 62.6 Å². The number of aliphatic hydroxyl groups is 1. The first-order chi connectivity index (χ1) is 21.9. The topological polar surface area (TPSA) is 125 Å². The second-order valence-electron chi connectivity index (χ2n) is 12.0. The number of esters is 1. The normalized spacial score (nSPS) is 31.5. The van der Waals surface area contributed by atoms with E-state index in [1.165, 1.54) is 4.90 Å². The fraction of sp³-hybridized carbons (Fsp3) is 0.429. The first kappa shape index (κ1) is 30.7. The Labute approximate surface area is 262 Å². The summed E-state index contributed by atoms with van der Waals surface area (Å²) >= 11 is 0. The molecule has 2 aromatic carbocycles. The summed E-state index contributed by atoms with van der Waals surface area (Å²) in [7, 11) is 0. The summed E-state index contributed by atoms with van der Waals surface area (Å²) in [6.45, 7) is 2.08. The maximum Gasteiger partial charge on any atom is 0.313 e. The number of carbonyl (C=O) groups is 4. The Balaban J connectivity index is 1.42. The van der Waals surface area contributed by atoms with Gasteiger partial charge in [0.1, 0.15) is 23.7 Å². The summed E-state index contributed by atoms with van der Waals surface area (Å²) in [5, 5.41) is 13.3. The molecule has 3 amide bonds. The summed E-state index contributed by atoms with van der Waals surface area (Å²) in [4.78, 5) is 59.0. The third-order valence-electron chi connectivity index (χ3n) is 9.37. The summed E-state index contributed by atoms with van der Waals surface area (Å²) in [6.07, 6.45) is 6.77. The highest BCUT2D eigenvalue weighted by atomic mass is 16.6. The zero-order chi connectivity index (χ0) is 31.6. The lowest BCUT2D eigenvalue weighted by Crippen LogP contribution is -2.58. The van der Waals surface area contributed by atoms with Crippen LogP contribution in [0.4, 0.5) is 0 Å². The van der Waals surface area contributed by atoms with Crippen LogP contribution in [0.5, 0.6) is 0 Å². The molecule has 2 aromatic rings. The zero-order valence-corrected chi connectivity index (χ0v) is 25.3. The van der Waals surface area contributed by atoms with E-state index in [1.807, 2.05) is 79.7 Å². The predicted molar refractivity (Wildman–Crippen MR) is 164 cm³/mol. The number of fused-ring (bicyclic) bond motifs is 2. The van der Waals surface area contributed by atoms with Crippen LogP contribution in [0.15, 0.2) is 85.0 Å². The maximum atomic E-state index is 14.7. The van der Waals surface area contributed by atoms with Gasteiger partial charge in [0, 0.05) is 19.5 Å². The van der Waals surface area contributed by atoms with Crippen LogP contribution in [0.3, 0.4) is 0 Å². The van der Waals surface area contributed by atoms with Crippen LogP contribution < -0.4 is 5.32 Å². The van der Waals surface area contributed by atoms with Crippen LogP contribution in [-0.2, 0) is 35.2 Å². The molecular weight excluding hydrogens is 574 g/mol. The number of nitrogens with one attached hydrogen (secondary N) is 1. The van der Waals surface area contributed by atoms with Crippen LogP contribution in [-0.4, -0.2) is 82.1 Å². The second-order valence-corrected chi connectivity index (χ2v) is 12.0. The number of carbonyl (C=O) groups excluding carboxylic acids is 4. The smallest absolute Gasteiger partial charge is 0.313 e. The van der Waals surface area contributed by atoms with Crippen LogP contribution in [0.1, 0.15) is 43.4 Å². The third-order valence-corrected chi connectivity index (χ3v) is 9.37.